The van der Waals surface area contributed by atoms with Crippen molar-refractivity contribution in [2.24, 2.45) is 0 Å². The van der Waals surface area contributed by atoms with Crippen LogP contribution >= 0.6 is 0 Å². The van der Waals surface area contributed by atoms with Gasteiger partial charge in [0.1, 0.15) is 5.76 Å². The summed E-state index contributed by atoms with van der Waals surface area (Å²) < 4.78 is 5.42. The first-order valence-corrected chi connectivity index (χ1v) is 7.08. The van der Waals surface area contributed by atoms with Crippen LogP contribution in [0.1, 0.15) is 31.1 Å². The molecule has 1 aromatic carbocycles. The van der Waals surface area contributed by atoms with E-state index in [-0.39, 0.29) is 5.63 Å². The Morgan fingerprint density at radius 2 is 2.00 bits per heavy atom. The van der Waals surface area contributed by atoms with E-state index in [9.17, 15) is 4.79 Å². The number of hydrogen-bond acceptors (Lipinski definition) is 2. The van der Waals surface area contributed by atoms with Gasteiger partial charge in [-0.15, -0.1) is 6.58 Å². The molecule has 1 heterocycles. The van der Waals surface area contributed by atoms with Crippen molar-refractivity contribution in [1.82, 2.24) is 0 Å². The van der Waals surface area contributed by atoms with Gasteiger partial charge in [-0.3, -0.25) is 0 Å². The van der Waals surface area contributed by atoms with Crippen LogP contribution in [0.5, 0.6) is 0 Å². The van der Waals surface area contributed by atoms with Gasteiger partial charge in [-0.2, -0.15) is 0 Å². The lowest BCUT2D eigenvalue weighted by Crippen LogP contribution is -2.06. The lowest BCUT2D eigenvalue weighted by molar-refractivity contribution is 0.447. The minimum atomic E-state index is -0.275. The molecular formula is C18H20O2. The fraction of sp³-hybridized carbons (Fsp3) is 0.278. The molecular weight excluding hydrogens is 248 g/mol. The zero-order valence-electron chi connectivity index (χ0n) is 11.9. The highest BCUT2D eigenvalue weighted by Crippen LogP contribution is 2.26. The van der Waals surface area contributed by atoms with Gasteiger partial charge in [0.05, 0.1) is 0 Å². The van der Waals surface area contributed by atoms with Crippen LogP contribution in [0.15, 0.2) is 58.3 Å². The van der Waals surface area contributed by atoms with E-state index in [1.54, 1.807) is 6.07 Å². The van der Waals surface area contributed by atoms with E-state index in [4.69, 9.17) is 4.42 Å². The van der Waals surface area contributed by atoms with Crippen molar-refractivity contribution < 1.29 is 4.42 Å². The minimum absolute atomic E-state index is 0.275. The summed E-state index contributed by atoms with van der Waals surface area (Å²) in [4.78, 5) is 11.8. The van der Waals surface area contributed by atoms with Crippen LogP contribution in [0.2, 0.25) is 0 Å². The van der Waals surface area contributed by atoms with E-state index in [0.717, 1.165) is 41.7 Å². The Labute approximate surface area is 119 Å². The Morgan fingerprint density at radius 1 is 1.25 bits per heavy atom. The molecule has 20 heavy (non-hydrogen) atoms. The molecule has 0 aliphatic carbocycles. The van der Waals surface area contributed by atoms with E-state index in [1.807, 2.05) is 36.4 Å². The van der Waals surface area contributed by atoms with Crippen molar-refractivity contribution in [3.63, 3.8) is 0 Å². The van der Waals surface area contributed by atoms with Crippen molar-refractivity contribution in [3.8, 4) is 11.1 Å². The third kappa shape index (κ3) is 3.27. The smallest absolute Gasteiger partial charge is 0.336 e. The normalized spacial score (nSPS) is 10.4. The number of rotatable bonds is 6. The van der Waals surface area contributed by atoms with Crippen molar-refractivity contribution in [1.29, 1.82) is 0 Å². The van der Waals surface area contributed by atoms with E-state index in [1.165, 1.54) is 0 Å². The molecule has 0 saturated heterocycles. The van der Waals surface area contributed by atoms with Gasteiger partial charge >= 0.3 is 5.63 Å². The Balaban J connectivity index is 2.57. The molecule has 0 bridgehead atoms. The molecule has 104 valence electrons. The Kier molecular flexibility index (Phi) is 4.94. The molecule has 0 spiro atoms. The van der Waals surface area contributed by atoms with Gasteiger partial charge in [0, 0.05) is 18.1 Å². The molecule has 1 aromatic heterocycles. The monoisotopic (exact) mass is 268 g/mol. The molecule has 2 heteroatoms. The molecule has 0 unspecified atom stereocenters. The predicted molar refractivity (Wildman–Crippen MR) is 82.9 cm³/mol. The maximum absolute atomic E-state index is 11.8. The SMILES string of the molecule is C=CCc1c(-c2ccccc2)cc(=O)oc1CCCC. The molecule has 0 atom stereocenters. The summed E-state index contributed by atoms with van der Waals surface area (Å²) in [6.07, 6.45) is 5.47. The number of allylic oxidation sites excluding steroid dienone is 1. The summed E-state index contributed by atoms with van der Waals surface area (Å²) in [5.41, 5.74) is 2.82. The van der Waals surface area contributed by atoms with Gasteiger partial charge in [0.25, 0.3) is 0 Å². The fourth-order valence-electron chi connectivity index (χ4n) is 2.35. The van der Waals surface area contributed by atoms with Gasteiger partial charge in [0.15, 0.2) is 0 Å². The van der Waals surface area contributed by atoms with Crippen molar-refractivity contribution in [3.05, 3.63) is 70.8 Å². The molecule has 0 saturated carbocycles. The van der Waals surface area contributed by atoms with Crippen molar-refractivity contribution >= 4 is 0 Å². The summed E-state index contributed by atoms with van der Waals surface area (Å²) in [7, 11) is 0. The second-order valence-corrected chi connectivity index (χ2v) is 4.84. The van der Waals surface area contributed by atoms with Crippen LogP contribution in [-0.2, 0) is 12.8 Å². The highest BCUT2D eigenvalue weighted by atomic mass is 16.4. The van der Waals surface area contributed by atoms with Gasteiger partial charge < -0.3 is 4.42 Å². The minimum Gasteiger partial charge on any atom is -0.428 e. The Bertz CT molecular complexity index is 624. The van der Waals surface area contributed by atoms with Gasteiger partial charge in [0.2, 0.25) is 0 Å². The quantitative estimate of drug-likeness (QED) is 0.728. The Morgan fingerprint density at radius 3 is 2.65 bits per heavy atom. The van der Waals surface area contributed by atoms with Gasteiger partial charge in [-0.1, -0.05) is 49.8 Å². The first kappa shape index (κ1) is 14.3. The molecule has 2 aromatic rings. The van der Waals surface area contributed by atoms with E-state index < -0.39 is 0 Å². The number of aryl methyl sites for hydroxylation is 1. The van der Waals surface area contributed by atoms with Crippen molar-refractivity contribution in [2.75, 3.05) is 0 Å². The van der Waals surface area contributed by atoms with Crippen LogP contribution in [0.3, 0.4) is 0 Å². The number of benzene rings is 1. The molecule has 0 N–H and O–H groups in total. The summed E-state index contributed by atoms with van der Waals surface area (Å²) in [6.45, 7) is 5.95. The summed E-state index contributed by atoms with van der Waals surface area (Å²) in [5.74, 6) is 0.804. The molecule has 0 fully saturated rings. The average molecular weight is 268 g/mol. The van der Waals surface area contributed by atoms with E-state index in [0.29, 0.717) is 6.42 Å². The molecule has 0 aliphatic rings. The average Bonchev–Trinajstić information content (AvgIpc) is 2.48. The zero-order chi connectivity index (χ0) is 14.4. The lowest BCUT2D eigenvalue weighted by atomic mass is 9.96. The first-order valence-electron chi connectivity index (χ1n) is 7.08. The highest BCUT2D eigenvalue weighted by Gasteiger charge is 2.13. The second kappa shape index (κ2) is 6.90. The van der Waals surface area contributed by atoms with Crippen LogP contribution in [0.25, 0.3) is 11.1 Å². The predicted octanol–water partition coefficient (Wildman–Crippen LogP) is 4.38. The van der Waals surface area contributed by atoms with E-state index in [2.05, 4.69) is 13.5 Å². The molecule has 0 aliphatic heterocycles. The Hall–Kier alpha value is -2.09. The third-order valence-electron chi connectivity index (χ3n) is 3.34. The molecule has 2 nitrogen and oxygen atoms in total. The van der Waals surface area contributed by atoms with Crippen molar-refractivity contribution in [2.45, 2.75) is 32.6 Å². The molecule has 0 radical (unpaired) electrons. The molecule has 2 rings (SSSR count). The first-order chi connectivity index (χ1) is 9.76. The molecule has 0 amide bonds. The highest BCUT2D eigenvalue weighted by molar-refractivity contribution is 5.67. The summed E-state index contributed by atoms with van der Waals surface area (Å²) >= 11 is 0. The summed E-state index contributed by atoms with van der Waals surface area (Å²) in [6, 6.07) is 11.6. The third-order valence-corrected chi connectivity index (χ3v) is 3.34. The fourth-order valence-corrected chi connectivity index (χ4v) is 2.35. The van der Waals surface area contributed by atoms with Crippen LogP contribution in [-0.4, -0.2) is 0 Å². The zero-order valence-corrected chi connectivity index (χ0v) is 11.9. The summed E-state index contributed by atoms with van der Waals surface area (Å²) in [5, 5.41) is 0. The van der Waals surface area contributed by atoms with Crippen LogP contribution in [0.4, 0.5) is 0 Å². The van der Waals surface area contributed by atoms with E-state index >= 15 is 0 Å². The number of hydrogen-bond donors (Lipinski definition) is 0. The second-order valence-electron chi connectivity index (χ2n) is 4.84. The largest absolute Gasteiger partial charge is 0.428 e. The lowest BCUT2D eigenvalue weighted by Gasteiger charge is -2.12. The van der Waals surface area contributed by atoms with Gasteiger partial charge in [-0.25, -0.2) is 4.79 Å². The number of unbranched alkanes of at least 4 members (excludes halogenated alkanes) is 1. The standard InChI is InChI=1S/C18H20O2/c1-3-5-12-17-15(9-4-2)16(13-18(19)20-17)14-10-7-6-8-11-14/h4,6-8,10-11,13H,2-3,5,9,12H2,1H3. The van der Waals surface area contributed by atoms with Crippen LogP contribution in [0, 0.1) is 0 Å². The topological polar surface area (TPSA) is 30.2 Å². The van der Waals surface area contributed by atoms with Gasteiger partial charge in [-0.05, 0) is 24.0 Å². The maximum Gasteiger partial charge on any atom is 0.336 e. The van der Waals surface area contributed by atoms with Crippen LogP contribution < -0.4 is 5.63 Å². The maximum atomic E-state index is 11.8.